The number of ether oxygens (including phenoxy) is 4. The monoisotopic (exact) mass is 502 g/mol. The van der Waals surface area contributed by atoms with Crippen molar-refractivity contribution >= 4 is 29.1 Å². The number of hydrogen-bond donors (Lipinski definition) is 3. The van der Waals surface area contributed by atoms with Crippen LogP contribution in [0, 0.1) is 0 Å². The van der Waals surface area contributed by atoms with E-state index in [0.717, 1.165) is 16.7 Å². The second-order valence-corrected chi connectivity index (χ2v) is 8.15. The van der Waals surface area contributed by atoms with Crippen molar-refractivity contribution in [2.75, 3.05) is 33.8 Å². The van der Waals surface area contributed by atoms with Crippen LogP contribution in [0.5, 0.6) is 23.0 Å². The van der Waals surface area contributed by atoms with Crippen LogP contribution in [-0.2, 0) is 9.59 Å². The molecule has 0 unspecified atom stereocenters. The van der Waals surface area contributed by atoms with Crippen molar-refractivity contribution in [1.29, 1.82) is 0 Å². The number of carboxylic acid groups (broad SMARTS) is 1. The molecule has 0 saturated heterocycles. The largest absolute Gasteiger partial charge is 0.495 e. The van der Waals surface area contributed by atoms with Gasteiger partial charge >= 0.3 is 5.97 Å². The summed E-state index contributed by atoms with van der Waals surface area (Å²) in [6.07, 6.45) is -0.0135. The first-order chi connectivity index (χ1) is 16.8. The minimum absolute atomic E-state index is 0.128. The van der Waals surface area contributed by atoms with E-state index in [2.05, 4.69) is 15.4 Å². The average molecular weight is 503 g/mol. The molecular formula is C24H28N3O7S+. The van der Waals surface area contributed by atoms with E-state index in [1.54, 1.807) is 33.5 Å². The fraction of sp³-hybridized carbons (Fsp3) is 0.292. The van der Waals surface area contributed by atoms with E-state index in [1.165, 1.54) is 18.6 Å². The fourth-order valence-corrected chi connectivity index (χ4v) is 4.22. The van der Waals surface area contributed by atoms with Crippen molar-refractivity contribution in [3.63, 3.8) is 0 Å². The molecule has 0 aliphatic rings. The summed E-state index contributed by atoms with van der Waals surface area (Å²) in [7, 11) is 6.14. The molecule has 1 heterocycles. The number of aliphatic carboxylic acids is 1. The highest BCUT2D eigenvalue weighted by Gasteiger charge is 2.22. The van der Waals surface area contributed by atoms with Gasteiger partial charge in [-0.3, -0.25) is 9.59 Å². The molecule has 0 bridgehead atoms. The number of anilines is 1. The number of aromatic nitrogens is 1. The summed E-state index contributed by atoms with van der Waals surface area (Å²) in [5.41, 5.74) is 7.32. The Morgan fingerprint density at radius 1 is 1.00 bits per heavy atom. The molecule has 35 heavy (non-hydrogen) atoms. The van der Waals surface area contributed by atoms with E-state index in [0.29, 0.717) is 34.4 Å². The van der Waals surface area contributed by atoms with Crippen LogP contribution in [0.2, 0.25) is 0 Å². The van der Waals surface area contributed by atoms with Crippen LogP contribution in [0.4, 0.5) is 5.69 Å². The number of nitrogens with zero attached hydrogens (tertiary/aromatic N) is 1. The SMILES string of the molecule is COc1ccc(-c2csnc2-c2cc(OC)c(OC)c(OC)c2)cc1NC(=O)[C@H]([NH3+])CCC(=O)O. The molecule has 5 N–H and O–H groups in total. The summed E-state index contributed by atoms with van der Waals surface area (Å²) in [5.74, 6) is 0.587. The average Bonchev–Trinajstić information content (AvgIpc) is 3.36. The van der Waals surface area contributed by atoms with Crippen LogP contribution >= 0.6 is 11.5 Å². The van der Waals surface area contributed by atoms with Crippen molar-refractivity contribution in [1.82, 2.24) is 4.37 Å². The van der Waals surface area contributed by atoms with Gasteiger partial charge in [-0.2, -0.15) is 4.37 Å². The van der Waals surface area contributed by atoms with Crippen LogP contribution in [0.3, 0.4) is 0 Å². The van der Waals surface area contributed by atoms with E-state index in [-0.39, 0.29) is 12.8 Å². The van der Waals surface area contributed by atoms with Crippen LogP contribution in [0.1, 0.15) is 12.8 Å². The molecule has 0 fully saturated rings. The smallest absolute Gasteiger partial charge is 0.303 e. The maximum Gasteiger partial charge on any atom is 0.303 e. The lowest BCUT2D eigenvalue weighted by Crippen LogP contribution is -2.66. The molecule has 11 heteroatoms. The van der Waals surface area contributed by atoms with Crippen LogP contribution in [0.15, 0.2) is 35.7 Å². The topological polar surface area (TPSA) is 144 Å². The molecular weight excluding hydrogens is 474 g/mol. The van der Waals surface area contributed by atoms with Crippen LogP contribution in [-0.4, -0.2) is 55.8 Å². The van der Waals surface area contributed by atoms with Crippen molar-refractivity contribution in [2.24, 2.45) is 0 Å². The van der Waals surface area contributed by atoms with Gasteiger partial charge in [0.05, 0.1) is 46.2 Å². The van der Waals surface area contributed by atoms with Crippen LogP contribution in [0.25, 0.3) is 22.4 Å². The van der Waals surface area contributed by atoms with Gasteiger partial charge in [0.15, 0.2) is 17.5 Å². The number of rotatable bonds is 11. The van der Waals surface area contributed by atoms with Gasteiger partial charge in [-0.25, -0.2) is 0 Å². The molecule has 186 valence electrons. The van der Waals surface area contributed by atoms with Crippen molar-refractivity contribution in [2.45, 2.75) is 18.9 Å². The minimum atomic E-state index is -0.977. The summed E-state index contributed by atoms with van der Waals surface area (Å²) in [5, 5.41) is 13.6. The third-order valence-corrected chi connectivity index (χ3v) is 5.98. The second kappa shape index (κ2) is 11.5. The molecule has 0 aliphatic carbocycles. The number of benzene rings is 2. The van der Waals surface area contributed by atoms with E-state index in [4.69, 9.17) is 24.1 Å². The third kappa shape index (κ3) is 5.81. The van der Waals surface area contributed by atoms with Gasteiger partial charge in [0.1, 0.15) is 5.75 Å². The van der Waals surface area contributed by atoms with Gasteiger partial charge < -0.3 is 35.1 Å². The highest BCUT2D eigenvalue weighted by Crippen LogP contribution is 2.44. The molecule has 0 spiro atoms. The van der Waals surface area contributed by atoms with E-state index < -0.39 is 17.9 Å². The first-order valence-corrected chi connectivity index (χ1v) is 11.4. The zero-order valence-corrected chi connectivity index (χ0v) is 20.7. The lowest BCUT2D eigenvalue weighted by atomic mass is 10.0. The minimum Gasteiger partial charge on any atom is -0.495 e. The van der Waals surface area contributed by atoms with E-state index >= 15 is 0 Å². The van der Waals surface area contributed by atoms with E-state index in [9.17, 15) is 9.59 Å². The van der Waals surface area contributed by atoms with Gasteiger partial charge in [0, 0.05) is 22.9 Å². The molecule has 0 aliphatic heterocycles. The predicted molar refractivity (Wildman–Crippen MR) is 131 cm³/mol. The van der Waals surface area contributed by atoms with Gasteiger partial charge in [-0.15, -0.1) is 0 Å². The Balaban J connectivity index is 1.98. The summed E-state index contributed by atoms with van der Waals surface area (Å²) >= 11 is 1.29. The maximum absolute atomic E-state index is 12.6. The number of quaternary nitrogens is 1. The summed E-state index contributed by atoms with van der Waals surface area (Å²) in [4.78, 5) is 23.4. The predicted octanol–water partition coefficient (Wildman–Crippen LogP) is 2.93. The first kappa shape index (κ1) is 25.8. The normalized spacial score (nSPS) is 11.5. The van der Waals surface area contributed by atoms with Gasteiger partial charge in [-0.1, -0.05) is 6.07 Å². The van der Waals surface area contributed by atoms with Crippen molar-refractivity contribution in [3.05, 3.63) is 35.7 Å². The Labute approximate surface area is 206 Å². The second-order valence-electron chi connectivity index (χ2n) is 7.52. The molecule has 3 rings (SSSR count). The number of carboxylic acids is 1. The number of methoxy groups -OCH3 is 4. The Morgan fingerprint density at radius 3 is 2.23 bits per heavy atom. The molecule has 3 aromatic rings. The Kier molecular flexibility index (Phi) is 8.50. The molecule has 0 radical (unpaired) electrons. The molecule has 10 nitrogen and oxygen atoms in total. The molecule has 1 atom stereocenters. The van der Waals surface area contributed by atoms with Gasteiger partial charge in [0.25, 0.3) is 5.91 Å². The Morgan fingerprint density at radius 2 is 1.66 bits per heavy atom. The number of carbonyl (C=O) groups excluding carboxylic acids is 1. The summed E-state index contributed by atoms with van der Waals surface area (Å²) in [6, 6.07) is 8.32. The summed E-state index contributed by atoms with van der Waals surface area (Å²) < 4.78 is 26.4. The number of carbonyl (C=O) groups is 2. The first-order valence-electron chi connectivity index (χ1n) is 10.6. The number of hydrogen-bond acceptors (Lipinski definition) is 8. The quantitative estimate of drug-likeness (QED) is 0.363. The van der Waals surface area contributed by atoms with E-state index in [1.807, 2.05) is 23.6 Å². The summed E-state index contributed by atoms with van der Waals surface area (Å²) in [6.45, 7) is 0. The zero-order valence-electron chi connectivity index (χ0n) is 19.9. The lowest BCUT2D eigenvalue weighted by molar-refractivity contribution is -0.403. The van der Waals surface area contributed by atoms with Crippen molar-refractivity contribution < 1.29 is 39.4 Å². The third-order valence-electron chi connectivity index (χ3n) is 5.35. The number of amides is 1. The van der Waals surface area contributed by atoms with Crippen LogP contribution < -0.4 is 30.0 Å². The lowest BCUT2D eigenvalue weighted by Gasteiger charge is -2.15. The zero-order chi connectivity index (χ0) is 25.5. The number of nitrogens with one attached hydrogen (secondary N) is 1. The molecule has 1 aromatic heterocycles. The van der Waals surface area contributed by atoms with Gasteiger partial charge in [-0.05, 0) is 41.4 Å². The highest BCUT2D eigenvalue weighted by molar-refractivity contribution is 7.04. The Hall–Kier alpha value is -3.83. The maximum atomic E-state index is 12.6. The highest BCUT2D eigenvalue weighted by atomic mass is 32.1. The van der Waals surface area contributed by atoms with Crippen molar-refractivity contribution in [3.8, 4) is 45.4 Å². The molecule has 1 amide bonds. The fourth-order valence-electron chi connectivity index (χ4n) is 3.50. The van der Waals surface area contributed by atoms with Gasteiger partial charge in [0.2, 0.25) is 5.75 Å². The standard InChI is InChI=1S/C24H27N3O7S/c1-31-18-7-5-13(9-17(18)26-24(30)16(25)6-8-21(28)29)15-12-35-27-22(15)14-10-19(32-2)23(34-4)20(11-14)33-3/h5,7,9-12,16H,6,8,25H2,1-4H3,(H,26,30)(H,28,29)/p+1/t16-/m1/s1. The molecule has 0 saturated carbocycles. The Bertz CT molecular complexity index is 1190. The molecule has 2 aromatic carbocycles.